The number of carbonyl (C=O) groups excluding carboxylic acids is 1. The number of aromatic nitrogens is 2. The largest absolute Gasteiger partial charge is 0.459 e. The summed E-state index contributed by atoms with van der Waals surface area (Å²) in [4.78, 5) is 12.5. The molecule has 1 amide bonds. The lowest BCUT2D eigenvalue weighted by Gasteiger charge is -2.59. The average Bonchev–Trinajstić information content (AvgIpc) is 3.30. The van der Waals surface area contributed by atoms with E-state index in [1.165, 1.54) is 50.3 Å². The molecule has 7 heteroatoms. The van der Waals surface area contributed by atoms with Gasteiger partial charge in [0.25, 0.3) is 11.1 Å². The first-order chi connectivity index (χ1) is 13.1. The maximum absolute atomic E-state index is 12.5. The highest BCUT2D eigenvalue weighted by atomic mass is 32.2. The Bertz CT molecular complexity index is 781. The molecule has 2 aromatic rings. The lowest BCUT2D eigenvalue weighted by atomic mass is 9.48. The maximum Gasteiger partial charge on any atom is 0.284 e. The van der Waals surface area contributed by atoms with E-state index in [4.69, 9.17) is 8.83 Å². The molecule has 6 rings (SSSR count). The van der Waals surface area contributed by atoms with Crippen LogP contribution in [0.4, 0.5) is 0 Å². The van der Waals surface area contributed by atoms with Crippen molar-refractivity contribution in [2.75, 3.05) is 5.75 Å². The highest BCUT2D eigenvalue weighted by molar-refractivity contribution is 7.99. The van der Waals surface area contributed by atoms with Gasteiger partial charge in [-0.05, 0) is 80.8 Å². The van der Waals surface area contributed by atoms with Crippen molar-refractivity contribution in [1.82, 2.24) is 15.5 Å². The number of rotatable bonds is 6. The van der Waals surface area contributed by atoms with Crippen LogP contribution in [0.25, 0.3) is 11.7 Å². The summed E-state index contributed by atoms with van der Waals surface area (Å²) in [5.74, 6) is 3.88. The fourth-order valence-corrected chi connectivity index (χ4v) is 6.61. The Balaban J connectivity index is 1.17. The van der Waals surface area contributed by atoms with E-state index in [-0.39, 0.29) is 17.7 Å². The molecule has 27 heavy (non-hydrogen) atoms. The highest BCUT2D eigenvalue weighted by Crippen LogP contribution is 2.61. The van der Waals surface area contributed by atoms with E-state index < -0.39 is 0 Å². The third-order valence-electron chi connectivity index (χ3n) is 6.85. The van der Waals surface area contributed by atoms with Gasteiger partial charge in [0.15, 0.2) is 5.76 Å². The van der Waals surface area contributed by atoms with Gasteiger partial charge in [0.2, 0.25) is 5.91 Å². The SMILES string of the molecule is C[C@@H](NC(=O)CSc1nnc(-c2ccco2)o1)C12CC3CC(CC(C3)C1)C2. The molecule has 4 fully saturated rings. The molecule has 2 aromatic heterocycles. The molecule has 1 atom stereocenters. The quantitative estimate of drug-likeness (QED) is 0.750. The van der Waals surface area contributed by atoms with Crippen molar-refractivity contribution in [2.45, 2.75) is 56.7 Å². The van der Waals surface area contributed by atoms with Crippen LogP contribution in [0.1, 0.15) is 45.4 Å². The molecule has 0 unspecified atom stereocenters. The van der Waals surface area contributed by atoms with Gasteiger partial charge in [0.05, 0.1) is 12.0 Å². The Morgan fingerprint density at radius 3 is 2.59 bits per heavy atom. The molecule has 2 heterocycles. The molecule has 0 spiro atoms. The van der Waals surface area contributed by atoms with E-state index in [9.17, 15) is 4.79 Å². The van der Waals surface area contributed by atoms with Crippen LogP contribution in [0.15, 0.2) is 32.5 Å². The topological polar surface area (TPSA) is 81.2 Å². The Morgan fingerprint density at radius 1 is 1.26 bits per heavy atom. The second kappa shape index (κ2) is 6.69. The van der Waals surface area contributed by atoms with Gasteiger partial charge in [-0.1, -0.05) is 11.8 Å². The van der Waals surface area contributed by atoms with E-state index in [0.29, 0.717) is 22.3 Å². The third kappa shape index (κ3) is 3.30. The van der Waals surface area contributed by atoms with Gasteiger partial charge in [0, 0.05) is 6.04 Å². The summed E-state index contributed by atoms with van der Waals surface area (Å²) in [6.07, 6.45) is 9.71. The highest BCUT2D eigenvalue weighted by Gasteiger charge is 2.53. The van der Waals surface area contributed by atoms with E-state index in [0.717, 1.165) is 17.8 Å². The van der Waals surface area contributed by atoms with E-state index in [2.05, 4.69) is 22.4 Å². The first kappa shape index (κ1) is 17.3. The fourth-order valence-electron chi connectivity index (χ4n) is 6.04. The summed E-state index contributed by atoms with van der Waals surface area (Å²) in [7, 11) is 0. The lowest BCUT2D eigenvalue weighted by Crippen LogP contribution is -2.56. The summed E-state index contributed by atoms with van der Waals surface area (Å²) < 4.78 is 10.8. The summed E-state index contributed by atoms with van der Waals surface area (Å²) >= 11 is 1.27. The average molecular weight is 388 g/mol. The zero-order chi connectivity index (χ0) is 18.4. The number of nitrogens with one attached hydrogen (secondary N) is 1. The second-order valence-corrected chi connectivity index (χ2v) is 9.63. The van der Waals surface area contributed by atoms with Crippen LogP contribution < -0.4 is 5.32 Å². The van der Waals surface area contributed by atoms with Crippen LogP contribution in [-0.2, 0) is 4.79 Å². The standard InChI is InChI=1S/C20H25N3O3S/c1-12(20-8-13-5-14(9-20)7-15(6-13)10-20)21-17(24)11-27-19-23-22-18(26-19)16-3-2-4-25-16/h2-4,12-15H,5-11H2,1H3,(H,21,24)/t12-,13?,14?,15?,20?/m1/s1. The van der Waals surface area contributed by atoms with Crippen LogP contribution >= 0.6 is 11.8 Å². The van der Waals surface area contributed by atoms with Crippen molar-refractivity contribution in [3.63, 3.8) is 0 Å². The van der Waals surface area contributed by atoms with Crippen LogP contribution in [0.5, 0.6) is 0 Å². The normalized spacial score (nSPS) is 32.6. The molecular formula is C20H25N3O3S. The molecular weight excluding hydrogens is 362 g/mol. The van der Waals surface area contributed by atoms with Gasteiger partial charge < -0.3 is 14.2 Å². The second-order valence-electron chi connectivity index (χ2n) is 8.71. The Kier molecular flexibility index (Phi) is 4.30. The minimum absolute atomic E-state index is 0.0426. The van der Waals surface area contributed by atoms with Crippen molar-refractivity contribution in [1.29, 1.82) is 0 Å². The van der Waals surface area contributed by atoms with Gasteiger partial charge in [-0.25, -0.2) is 0 Å². The number of hydrogen-bond donors (Lipinski definition) is 1. The molecule has 4 aliphatic carbocycles. The van der Waals surface area contributed by atoms with Gasteiger partial charge in [-0.2, -0.15) is 0 Å². The van der Waals surface area contributed by atoms with Crippen molar-refractivity contribution >= 4 is 17.7 Å². The minimum atomic E-state index is 0.0426. The molecule has 1 N–H and O–H groups in total. The van der Waals surface area contributed by atoms with Crippen molar-refractivity contribution in [3.05, 3.63) is 18.4 Å². The zero-order valence-electron chi connectivity index (χ0n) is 15.5. The van der Waals surface area contributed by atoms with Gasteiger partial charge >= 0.3 is 0 Å². The molecule has 4 bridgehead atoms. The summed E-state index contributed by atoms with van der Waals surface area (Å²) in [5.41, 5.74) is 0.325. The molecule has 0 saturated heterocycles. The van der Waals surface area contributed by atoms with Crippen LogP contribution in [0, 0.1) is 23.2 Å². The van der Waals surface area contributed by atoms with Crippen LogP contribution in [0.2, 0.25) is 0 Å². The van der Waals surface area contributed by atoms with E-state index >= 15 is 0 Å². The predicted octanol–water partition coefficient (Wildman–Crippen LogP) is 4.14. The molecule has 0 aromatic carbocycles. The first-order valence-electron chi connectivity index (χ1n) is 9.89. The van der Waals surface area contributed by atoms with Crippen LogP contribution in [-0.4, -0.2) is 27.9 Å². The van der Waals surface area contributed by atoms with E-state index in [1.807, 2.05) is 0 Å². The Morgan fingerprint density at radius 2 is 1.96 bits per heavy atom. The smallest absolute Gasteiger partial charge is 0.284 e. The number of amides is 1. The Labute approximate surface area is 162 Å². The van der Waals surface area contributed by atoms with Crippen molar-refractivity contribution in [2.24, 2.45) is 23.2 Å². The molecule has 4 saturated carbocycles. The molecule has 0 aliphatic heterocycles. The summed E-state index contributed by atoms with van der Waals surface area (Å²) in [5, 5.41) is 11.6. The molecule has 0 radical (unpaired) electrons. The molecule has 144 valence electrons. The van der Waals surface area contributed by atoms with Crippen LogP contribution in [0.3, 0.4) is 0 Å². The monoisotopic (exact) mass is 387 g/mol. The number of thioether (sulfide) groups is 1. The van der Waals surface area contributed by atoms with Crippen molar-refractivity contribution in [3.8, 4) is 11.7 Å². The van der Waals surface area contributed by atoms with Gasteiger partial charge in [-0.3, -0.25) is 4.79 Å². The van der Waals surface area contributed by atoms with E-state index in [1.54, 1.807) is 18.4 Å². The minimum Gasteiger partial charge on any atom is -0.459 e. The Hall–Kier alpha value is -1.76. The maximum atomic E-state index is 12.5. The number of furan rings is 1. The zero-order valence-corrected chi connectivity index (χ0v) is 16.3. The molecule has 4 aliphatic rings. The fraction of sp³-hybridized carbons (Fsp3) is 0.650. The van der Waals surface area contributed by atoms with Crippen molar-refractivity contribution < 1.29 is 13.6 Å². The summed E-state index contributed by atoms with van der Waals surface area (Å²) in [6, 6.07) is 3.77. The summed E-state index contributed by atoms with van der Waals surface area (Å²) in [6.45, 7) is 2.21. The number of hydrogen-bond acceptors (Lipinski definition) is 6. The number of carbonyl (C=O) groups is 1. The molecule has 6 nitrogen and oxygen atoms in total. The predicted molar refractivity (Wildman–Crippen MR) is 101 cm³/mol. The first-order valence-corrected chi connectivity index (χ1v) is 10.9. The third-order valence-corrected chi connectivity index (χ3v) is 7.67. The number of nitrogens with zero attached hydrogens (tertiary/aromatic N) is 2. The van der Waals surface area contributed by atoms with Gasteiger partial charge in [-0.15, -0.1) is 10.2 Å². The lowest BCUT2D eigenvalue weighted by molar-refractivity contribution is -0.123. The van der Waals surface area contributed by atoms with Gasteiger partial charge in [0.1, 0.15) is 0 Å².